The van der Waals surface area contributed by atoms with Gasteiger partial charge in [-0.2, -0.15) is 5.10 Å². The number of halogens is 1. The topological polar surface area (TPSA) is 60.4 Å². The average molecular weight is 301 g/mol. The van der Waals surface area contributed by atoms with E-state index in [2.05, 4.69) is 21.0 Å². The van der Waals surface area contributed by atoms with Crippen molar-refractivity contribution in [1.82, 2.24) is 9.78 Å². The lowest BCUT2D eigenvalue weighted by atomic mass is 10.4. The second-order valence-electron chi connectivity index (χ2n) is 3.63. The van der Waals surface area contributed by atoms with E-state index < -0.39 is 6.10 Å². The Balaban J connectivity index is 1.69. The highest BCUT2D eigenvalue weighted by Gasteiger charge is 2.07. The van der Waals surface area contributed by atoms with Crippen LogP contribution in [-0.2, 0) is 17.9 Å². The molecule has 0 bridgehead atoms. The molecule has 17 heavy (non-hydrogen) atoms. The van der Waals surface area contributed by atoms with E-state index in [1.54, 1.807) is 29.4 Å². The molecular formula is C11H13BrN2O3. The van der Waals surface area contributed by atoms with Crippen LogP contribution < -0.4 is 0 Å². The van der Waals surface area contributed by atoms with Crippen molar-refractivity contribution in [2.45, 2.75) is 19.3 Å². The second-order valence-corrected chi connectivity index (χ2v) is 4.54. The molecule has 2 aromatic heterocycles. The fraction of sp³-hybridized carbons (Fsp3) is 0.364. The molecule has 0 spiro atoms. The molecule has 1 N–H and O–H groups in total. The maximum absolute atomic E-state index is 9.71. The number of ether oxygens (including phenoxy) is 1. The normalized spacial score (nSPS) is 12.8. The third-order valence-corrected chi connectivity index (χ3v) is 2.54. The summed E-state index contributed by atoms with van der Waals surface area (Å²) in [6, 6.07) is 3.63. The van der Waals surface area contributed by atoms with Crippen LogP contribution >= 0.6 is 15.9 Å². The summed E-state index contributed by atoms with van der Waals surface area (Å²) in [5.74, 6) is 0.749. The van der Waals surface area contributed by atoms with Crippen molar-refractivity contribution in [3.8, 4) is 0 Å². The fourth-order valence-corrected chi connectivity index (χ4v) is 1.72. The Morgan fingerprint density at radius 3 is 3.12 bits per heavy atom. The highest BCUT2D eigenvalue weighted by Crippen LogP contribution is 2.07. The van der Waals surface area contributed by atoms with Crippen molar-refractivity contribution >= 4 is 15.9 Å². The van der Waals surface area contributed by atoms with Gasteiger partial charge in [-0.05, 0) is 28.1 Å². The molecule has 0 amide bonds. The van der Waals surface area contributed by atoms with Crippen molar-refractivity contribution in [2.24, 2.45) is 0 Å². The molecule has 2 aromatic rings. The van der Waals surface area contributed by atoms with Gasteiger partial charge in [-0.3, -0.25) is 4.68 Å². The van der Waals surface area contributed by atoms with Gasteiger partial charge in [0, 0.05) is 6.20 Å². The maximum Gasteiger partial charge on any atom is 0.129 e. The number of aliphatic hydroxyl groups excluding tert-OH is 1. The van der Waals surface area contributed by atoms with Gasteiger partial charge in [-0.15, -0.1) is 0 Å². The van der Waals surface area contributed by atoms with Gasteiger partial charge < -0.3 is 14.3 Å². The lowest BCUT2D eigenvalue weighted by Crippen LogP contribution is -2.22. The first-order chi connectivity index (χ1) is 8.24. The maximum atomic E-state index is 9.71. The molecule has 1 unspecified atom stereocenters. The zero-order chi connectivity index (χ0) is 12.1. The average Bonchev–Trinajstić information content (AvgIpc) is 2.90. The van der Waals surface area contributed by atoms with Crippen LogP contribution in [0.3, 0.4) is 0 Å². The van der Waals surface area contributed by atoms with Gasteiger partial charge >= 0.3 is 0 Å². The van der Waals surface area contributed by atoms with Crippen LogP contribution in [0.2, 0.25) is 0 Å². The molecule has 5 nitrogen and oxygen atoms in total. The number of aromatic nitrogens is 2. The summed E-state index contributed by atoms with van der Waals surface area (Å²) >= 11 is 3.29. The predicted molar refractivity (Wildman–Crippen MR) is 64.3 cm³/mol. The Morgan fingerprint density at radius 1 is 1.59 bits per heavy atom. The molecule has 2 rings (SSSR count). The first kappa shape index (κ1) is 12.3. The van der Waals surface area contributed by atoms with Crippen LogP contribution in [0.4, 0.5) is 0 Å². The van der Waals surface area contributed by atoms with E-state index in [1.807, 2.05) is 6.07 Å². The molecule has 0 aliphatic rings. The van der Waals surface area contributed by atoms with E-state index in [-0.39, 0.29) is 6.61 Å². The molecule has 2 heterocycles. The zero-order valence-electron chi connectivity index (χ0n) is 9.12. The molecule has 0 saturated heterocycles. The summed E-state index contributed by atoms with van der Waals surface area (Å²) in [6.07, 6.45) is 4.49. The van der Waals surface area contributed by atoms with E-state index in [0.29, 0.717) is 13.2 Å². The standard InChI is InChI=1S/C11H13BrN2O3/c12-9-4-13-14(5-9)6-10(15)7-16-8-11-2-1-3-17-11/h1-5,10,15H,6-8H2. The van der Waals surface area contributed by atoms with E-state index in [1.165, 1.54) is 0 Å². The summed E-state index contributed by atoms with van der Waals surface area (Å²) in [4.78, 5) is 0. The number of hydrogen-bond acceptors (Lipinski definition) is 4. The Morgan fingerprint density at radius 2 is 2.47 bits per heavy atom. The van der Waals surface area contributed by atoms with Crippen molar-refractivity contribution in [2.75, 3.05) is 6.61 Å². The highest BCUT2D eigenvalue weighted by atomic mass is 79.9. The third kappa shape index (κ3) is 3.99. The summed E-state index contributed by atoms with van der Waals surface area (Å²) in [5.41, 5.74) is 0. The highest BCUT2D eigenvalue weighted by molar-refractivity contribution is 9.10. The van der Waals surface area contributed by atoms with Crippen LogP contribution in [0.5, 0.6) is 0 Å². The number of aliphatic hydroxyl groups is 1. The first-order valence-corrected chi connectivity index (χ1v) is 5.99. The fourth-order valence-electron chi connectivity index (χ4n) is 1.40. The molecule has 92 valence electrons. The molecule has 0 fully saturated rings. The van der Waals surface area contributed by atoms with Gasteiger partial charge in [-0.25, -0.2) is 0 Å². The third-order valence-electron chi connectivity index (χ3n) is 2.13. The summed E-state index contributed by atoms with van der Waals surface area (Å²) < 4.78 is 13.0. The molecule has 0 aliphatic carbocycles. The van der Waals surface area contributed by atoms with Crippen molar-refractivity contribution in [3.63, 3.8) is 0 Å². The van der Waals surface area contributed by atoms with Gasteiger partial charge in [0.2, 0.25) is 0 Å². The SMILES string of the molecule is OC(COCc1ccco1)Cn1cc(Br)cn1. The van der Waals surface area contributed by atoms with Crippen LogP contribution in [0.15, 0.2) is 39.7 Å². The second kappa shape index (κ2) is 6.00. The van der Waals surface area contributed by atoms with Crippen molar-refractivity contribution in [3.05, 3.63) is 41.0 Å². The largest absolute Gasteiger partial charge is 0.467 e. The lowest BCUT2D eigenvalue weighted by Gasteiger charge is -2.10. The van der Waals surface area contributed by atoms with Gasteiger partial charge in [-0.1, -0.05) is 0 Å². The van der Waals surface area contributed by atoms with E-state index in [4.69, 9.17) is 9.15 Å². The Kier molecular flexibility index (Phi) is 4.36. The van der Waals surface area contributed by atoms with Crippen LogP contribution in [-0.4, -0.2) is 27.6 Å². The molecule has 0 saturated carbocycles. The monoisotopic (exact) mass is 300 g/mol. The quantitative estimate of drug-likeness (QED) is 0.884. The van der Waals surface area contributed by atoms with Gasteiger partial charge in [0.25, 0.3) is 0 Å². The molecular weight excluding hydrogens is 288 g/mol. The van der Waals surface area contributed by atoms with E-state index >= 15 is 0 Å². The smallest absolute Gasteiger partial charge is 0.129 e. The minimum absolute atomic E-state index is 0.248. The molecule has 6 heteroatoms. The lowest BCUT2D eigenvalue weighted by molar-refractivity contribution is 0.0131. The summed E-state index contributed by atoms with van der Waals surface area (Å²) in [6.45, 7) is 1.02. The van der Waals surface area contributed by atoms with E-state index in [0.717, 1.165) is 10.2 Å². The van der Waals surface area contributed by atoms with Gasteiger partial charge in [0.1, 0.15) is 12.4 Å². The number of hydrogen-bond donors (Lipinski definition) is 1. The van der Waals surface area contributed by atoms with Crippen LogP contribution in [0, 0.1) is 0 Å². The Labute approximate surface area is 107 Å². The molecule has 1 atom stereocenters. The summed E-state index contributed by atoms with van der Waals surface area (Å²) in [5, 5.41) is 13.8. The number of nitrogens with zero attached hydrogens (tertiary/aromatic N) is 2. The van der Waals surface area contributed by atoms with Gasteiger partial charge in [0.15, 0.2) is 0 Å². The van der Waals surface area contributed by atoms with E-state index in [9.17, 15) is 5.11 Å². The zero-order valence-corrected chi connectivity index (χ0v) is 10.7. The number of furan rings is 1. The Bertz CT molecular complexity index is 441. The molecule has 0 radical (unpaired) electrons. The van der Waals surface area contributed by atoms with Gasteiger partial charge in [0.05, 0.1) is 36.2 Å². The minimum atomic E-state index is -0.586. The molecule has 0 aromatic carbocycles. The predicted octanol–water partition coefficient (Wildman–Crippen LogP) is 1.82. The van der Waals surface area contributed by atoms with Crippen molar-refractivity contribution in [1.29, 1.82) is 0 Å². The Hall–Kier alpha value is -1.11. The molecule has 0 aliphatic heterocycles. The van der Waals surface area contributed by atoms with Crippen LogP contribution in [0.1, 0.15) is 5.76 Å². The minimum Gasteiger partial charge on any atom is -0.467 e. The number of rotatable bonds is 6. The first-order valence-electron chi connectivity index (χ1n) is 5.20. The van der Waals surface area contributed by atoms with Crippen LogP contribution in [0.25, 0.3) is 0 Å². The summed E-state index contributed by atoms with van der Waals surface area (Å²) in [7, 11) is 0. The van der Waals surface area contributed by atoms with Crippen molar-refractivity contribution < 1.29 is 14.3 Å².